The van der Waals surface area contributed by atoms with Crippen LogP contribution in [0.1, 0.15) is 52.9 Å². The van der Waals surface area contributed by atoms with Crippen LogP contribution in [0.5, 0.6) is 0 Å². The van der Waals surface area contributed by atoms with Gasteiger partial charge in [0.1, 0.15) is 11.4 Å². The molecule has 0 spiro atoms. The van der Waals surface area contributed by atoms with Crippen LogP contribution in [-0.2, 0) is 4.74 Å². The number of halogens is 1. The van der Waals surface area contributed by atoms with Crippen molar-refractivity contribution in [3.63, 3.8) is 0 Å². The predicted octanol–water partition coefficient (Wildman–Crippen LogP) is 6.64. The van der Waals surface area contributed by atoms with Crippen LogP contribution in [0.25, 0.3) is 33.3 Å². The van der Waals surface area contributed by atoms with Crippen molar-refractivity contribution in [2.24, 2.45) is 5.92 Å². The Morgan fingerprint density at radius 2 is 1.85 bits per heavy atom. The number of rotatable bonds is 2. The Morgan fingerprint density at radius 1 is 1.09 bits per heavy atom. The fourth-order valence-electron chi connectivity index (χ4n) is 4.54. The summed E-state index contributed by atoms with van der Waals surface area (Å²) in [4.78, 5) is 32.5. The molecule has 2 aromatic heterocycles. The molecule has 1 amide bonds. The van der Waals surface area contributed by atoms with E-state index in [0.717, 1.165) is 50.0 Å². The smallest absolute Gasteiger partial charge is 0.411 e. The zero-order chi connectivity index (χ0) is 24.2. The van der Waals surface area contributed by atoms with E-state index in [1.54, 1.807) is 6.20 Å². The Kier molecular flexibility index (Phi) is 5.59. The molecule has 5 rings (SSSR count). The number of carbonyl (C=O) groups is 1. The first-order valence-corrected chi connectivity index (χ1v) is 12.3. The topological polar surface area (TPSA) is 84.0 Å². The molecule has 3 atom stereocenters. The van der Waals surface area contributed by atoms with E-state index < -0.39 is 5.60 Å². The first-order chi connectivity index (χ1) is 16.1. The third-order valence-corrected chi connectivity index (χ3v) is 6.91. The lowest BCUT2D eigenvalue weighted by Crippen LogP contribution is -2.41. The van der Waals surface area contributed by atoms with E-state index in [-0.39, 0.29) is 18.2 Å². The van der Waals surface area contributed by atoms with Crippen LogP contribution in [0.2, 0.25) is 0 Å². The van der Waals surface area contributed by atoms with Crippen molar-refractivity contribution in [1.29, 1.82) is 0 Å². The lowest BCUT2D eigenvalue weighted by atomic mass is 10.0. The summed E-state index contributed by atoms with van der Waals surface area (Å²) in [5.41, 5.74) is 4.65. The molecule has 1 aliphatic rings. The van der Waals surface area contributed by atoms with Gasteiger partial charge < -0.3 is 9.72 Å². The van der Waals surface area contributed by atoms with Gasteiger partial charge in [0.25, 0.3) is 0 Å². The van der Waals surface area contributed by atoms with Crippen molar-refractivity contribution >= 4 is 44.1 Å². The molecule has 1 aliphatic heterocycles. The van der Waals surface area contributed by atoms with E-state index in [9.17, 15) is 4.79 Å². The van der Waals surface area contributed by atoms with Crippen LogP contribution < -0.4 is 0 Å². The minimum Gasteiger partial charge on any atom is -0.444 e. The lowest BCUT2D eigenvalue weighted by molar-refractivity contribution is 0.0140. The molecule has 0 unspecified atom stereocenters. The normalized spacial score (nSPS) is 20.9. The van der Waals surface area contributed by atoms with Crippen molar-refractivity contribution in [3.8, 4) is 11.3 Å². The molecule has 34 heavy (non-hydrogen) atoms. The minimum atomic E-state index is -0.549. The largest absolute Gasteiger partial charge is 0.444 e. The molecule has 3 heterocycles. The molecule has 0 radical (unpaired) electrons. The van der Waals surface area contributed by atoms with Gasteiger partial charge in [0, 0.05) is 16.1 Å². The maximum Gasteiger partial charge on any atom is 0.411 e. The summed E-state index contributed by atoms with van der Waals surface area (Å²) in [5.74, 6) is 1.12. The van der Waals surface area contributed by atoms with Crippen LogP contribution >= 0.6 is 15.9 Å². The number of fused-ring (bicyclic) bond motifs is 2. The summed E-state index contributed by atoms with van der Waals surface area (Å²) in [7, 11) is 0. The Balaban J connectivity index is 1.48. The van der Waals surface area contributed by atoms with E-state index in [1.165, 1.54) is 0 Å². The summed E-state index contributed by atoms with van der Waals surface area (Å²) in [5, 5.41) is 0. The van der Waals surface area contributed by atoms with Crippen LogP contribution in [0, 0.1) is 5.92 Å². The van der Waals surface area contributed by atoms with Gasteiger partial charge in [-0.05, 0) is 70.4 Å². The third kappa shape index (κ3) is 4.27. The Hall–Kier alpha value is -3.00. The predicted molar refractivity (Wildman–Crippen MR) is 136 cm³/mol. The number of likely N-dealkylation sites (tertiary alicyclic amines) is 1. The number of nitrogens with zero attached hydrogens (tertiary/aromatic N) is 4. The average Bonchev–Trinajstić information content (AvgIpc) is 3.32. The molecule has 1 fully saturated rings. The third-order valence-electron chi connectivity index (χ3n) is 6.41. The fraction of sp³-hybridized carbons (Fsp3) is 0.385. The molecule has 0 aliphatic carbocycles. The van der Waals surface area contributed by atoms with Gasteiger partial charge in [0.15, 0.2) is 0 Å². The highest BCUT2D eigenvalue weighted by Crippen LogP contribution is 2.40. The van der Waals surface area contributed by atoms with E-state index in [1.807, 2.05) is 62.1 Å². The summed E-state index contributed by atoms with van der Waals surface area (Å²) in [6, 6.07) is 11.8. The summed E-state index contributed by atoms with van der Waals surface area (Å²) < 4.78 is 6.69. The highest BCUT2D eigenvalue weighted by atomic mass is 79.9. The van der Waals surface area contributed by atoms with Gasteiger partial charge in [-0.15, -0.1) is 0 Å². The maximum absolute atomic E-state index is 13.0. The fourth-order valence-corrected chi connectivity index (χ4v) is 4.89. The van der Waals surface area contributed by atoms with Gasteiger partial charge in [-0.2, -0.15) is 0 Å². The molecule has 0 bridgehead atoms. The number of benzene rings is 2. The summed E-state index contributed by atoms with van der Waals surface area (Å²) in [6.45, 7) is 9.91. The van der Waals surface area contributed by atoms with E-state index >= 15 is 0 Å². The van der Waals surface area contributed by atoms with Crippen LogP contribution in [0.4, 0.5) is 4.79 Å². The Bertz CT molecular complexity index is 1390. The quantitative estimate of drug-likeness (QED) is 0.319. The highest BCUT2D eigenvalue weighted by Gasteiger charge is 2.43. The molecule has 8 heteroatoms. The van der Waals surface area contributed by atoms with Crippen molar-refractivity contribution in [2.45, 2.75) is 58.7 Å². The summed E-state index contributed by atoms with van der Waals surface area (Å²) in [6.07, 6.45) is 2.32. The number of carbonyl (C=O) groups excluding carboxylic acids is 1. The number of nitrogens with one attached hydrogen (secondary N) is 1. The average molecular weight is 522 g/mol. The number of ether oxygens (including phenoxy) is 1. The van der Waals surface area contributed by atoms with Gasteiger partial charge in [0.05, 0.1) is 40.0 Å². The Labute approximate surface area is 207 Å². The molecule has 1 N–H and O–H groups in total. The first-order valence-electron chi connectivity index (χ1n) is 11.5. The number of imidazole rings is 1. The molecular weight excluding hydrogens is 494 g/mol. The van der Waals surface area contributed by atoms with E-state index in [4.69, 9.17) is 14.7 Å². The van der Waals surface area contributed by atoms with Crippen molar-refractivity contribution in [2.75, 3.05) is 0 Å². The lowest BCUT2D eigenvalue weighted by Gasteiger charge is -2.31. The molecule has 7 nitrogen and oxygen atoms in total. The van der Waals surface area contributed by atoms with Gasteiger partial charge in [-0.25, -0.2) is 14.8 Å². The van der Waals surface area contributed by atoms with Crippen LogP contribution in [-0.4, -0.2) is 42.6 Å². The molecule has 4 aromatic rings. The Morgan fingerprint density at radius 3 is 2.62 bits per heavy atom. The number of aromatic nitrogens is 4. The zero-order valence-electron chi connectivity index (χ0n) is 20.0. The number of H-pyrrole nitrogens is 1. The number of aromatic amines is 1. The van der Waals surface area contributed by atoms with Gasteiger partial charge >= 0.3 is 6.09 Å². The second-order valence-electron chi connectivity index (χ2n) is 10.1. The van der Waals surface area contributed by atoms with Gasteiger partial charge in [0.2, 0.25) is 0 Å². The van der Waals surface area contributed by atoms with Crippen molar-refractivity contribution < 1.29 is 9.53 Å². The van der Waals surface area contributed by atoms with Gasteiger partial charge in [-0.1, -0.05) is 28.9 Å². The monoisotopic (exact) mass is 521 g/mol. The molecule has 1 saturated heterocycles. The first kappa shape index (κ1) is 22.8. The molecule has 0 saturated carbocycles. The SMILES string of the molecule is C[C@@H]1C[C@@H](c2nc3ccc(-c4cnc5cc(Br)ccc5n4)cc3[nH]2)N(C(=O)OC(C)(C)C)[C@@H]1C. The summed E-state index contributed by atoms with van der Waals surface area (Å²) >= 11 is 3.48. The van der Waals surface area contributed by atoms with Crippen LogP contribution in [0.15, 0.2) is 47.1 Å². The minimum absolute atomic E-state index is 0.0662. The molecule has 176 valence electrons. The number of amides is 1. The second-order valence-corrected chi connectivity index (χ2v) is 11.0. The van der Waals surface area contributed by atoms with E-state index in [0.29, 0.717) is 5.92 Å². The molecular formula is C26H28BrN5O2. The second kappa shape index (κ2) is 8.34. The molecule has 2 aromatic carbocycles. The zero-order valence-corrected chi connectivity index (χ0v) is 21.5. The number of hydrogen-bond acceptors (Lipinski definition) is 5. The van der Waals surface area contributed by atoms with Gasteiger partial charge in [-0.3, -0.25) is 9.88 Å². The highest BCUT2D eigenvalue weighted by molar-refractivity contribution is 9.10. The maximum atomic E-state index is 13.0. The number of hydrogen-bond donors (Lipinski definition) is 1. The van der Waals surface area contributed by atoms with Crippen molar-refractivity contribution in [1.82, 2.24) is 24.8 Å². The van der Waals surface area contributed by atoms with E-state index in [2.05, 4.69) is 39.7 Å². The standard InChI is InChI=1S/C26H28BrN5O2/c1-14-10-23(32(15(14)2)25(33)34-26(3,4)5)24-30-19-8-6-16(11-21(19)31-24)22-13-28-20-12-17(27)7-9-18(20)29-22/h6-9,11-15,23H,10H2,1-5H3,(H,30,31)/t14-,15-,23+/m1/s1. The van der Waals surface area contributed by atoms with Crippen LogP contribution in [0.3, 0.4) is 0 Å². The van der Waals surface area contributed by atoms with Crippen molar-refractivity contribution in [3.05, 3.63) is 52.9 Å².